The predicted octanol–water partition coefficient (Wildman–Crippen LogP) is 0.977. The van der Waals surface area contributed by atoms with Crippen LogP contribution in [0.15, 0.2) is 12.1 Å². The molecule has 2 rings (SSSR count). The highest BCUT2D eigenvalue weighted by molar-refractivity contribution is 5.81. The summed E-state index contributed by atoms with van der Waals surface area (Å²) in [4.78, 5) is 11.2. The molecule has 0 radical (unpaired) electrons. The first-order valence-electron chi connectivity index (χ1n) is 5.35. The summed E-state index contributed by atoms with van der Waals surface area (Å²) < 4.78 is 5.27. The van der Waals surface area contributed by atoms with Gasteiger partial charge in [-0.1, -0.05) is 0 Å². The lowest BCUT2D eigenvalue weighted by molar-refractivity contribution is -0.141. The van der Waals surface area contributed by atoms with Crippen LogP contribution in [-0.4, -0.2) is 43.4 Å². The maximum absolute atomic E-state index is 11.2. The van der Waals surface area contributed by atoms with E-state index in [1.54, 1.807) is 12.1 Å². The number of carbonyl (C=O) groups is 1. The smallest absolute Gasteiger partial charge is 0.363 e. The number of hydrogen-bond donors (Lipinski definition) is 2. The molecule has 1 aliphatic heterocycles. The lowest BCUT2D eigenvalue weighted by Crippen LogP contribution is -2.51. The molecule has 0 aliphatic carbocycles. The van der Waals surface area contributed by atoms with E-state index < -0.39 is 12.0 Å². The maximum Gasteiger partial charge on any atom is 0.363 e. The van der Waals surface area contributed by atoms with E-state index >= 15 is 0 Å². The predicted molar refractivity (Wildman–Crippen MR) is 63.4 cm³/mol. The number of benzene rings is 1. The number of carboxylic acids is 1. The van der Waals surface area contributed by atoms with Crippen molar-refractivity contribution in [2.24, 2.45) is 0 Å². The van der Waals surface area contributed by atoms with Crippen LogP contribution >= 0.6 is 0 Å². The van der Waals surface area contributed by atoms with Crippen LogP contribution in [-0.2, 0) is 11.2 Å². The molecule has 5 heteroatoms. The van der Waals surface area contributed by atoms with E-state index in [9.17, 15) is 15.0 Å². The summed E-state index contributed by atoms with van der Waals surface area (Å²) in [7, 11) is 5.14. The molecule has 17 heavy (non-hydrogen) atoms. The van der Waals surface area contributed by atoms with Gasteiger partial charge in [-0.05, 0) is 6.07 Å². The number of fused-ring (bicyclic) bond motifs is 1. The molecule has 0 bridgehead atoms. The van der Waals surface area contributed by atoms with Crippen molar-refractivity contribution in [3.8, 4) is 11.5 Å². The Hall–Kier alpha value is -1.75. The van der Waals surface area contributed by atoms with E-state index in [0.29, 0.717) is 12.2 Å². The van der Waals surface area contributed by atoms with Crippen molar-refractivity contribution in [3.05, 3.63) is 17.7 Å². The van der Waals surface area contributed by atoms with Crippen LogP contribution < -0.4 is 9.22 Å². The van der Waals surface area contributed by atoms with Crippen LogP contribution in [0.2, 0.25) is 0 Å². The van der Waals surface area contributed by atoms with Crippen LogP contribution in [0.5, 0.6) is 11.5 Å². The van der Waals surface area contributed by atoms with Crippen LogP contribution in [0.1, 0.15) is 5.56 Å². The molecule has 0 saturated heterocycles. The fourth-order valence-corrected chi connectivity index (χ4v) is 2.43. The Morgan fingerprint density at radius 3 is 2.65 bits per heavy atom. The zero-order chi connectivity index (χ0) is 12.8. The Morgan fingerprint density at radius 1 is 1.47 bits per heavy atom. The zero-order valence-corrected chi connectivity index (χ0v) is 10.1. The largest absolute Gasteiger partial charge is 0.504 e. The molecule has 1 atom stereocenters. The number of hydrogen-bond acceptors (Lipinski definition) is 3. The van der Waals surface area contributed by atoms with Gasteiger partial charge in [0.25, 0.3) is 0 Å². The molecule has 1 heterocycles. The molecule has 0 saturated carbocycles. The Kier molecular flexibility index (Phi) is 2.50. The monoisotopic (exact) mass is 238 g/mol. The number of phenols is 1. The molecule has 0 aromatic heterocycles. The topological polar surface area (TPSA) is 66.8 Å². The molecule has 1 unspecified atom stereocenters. The maximum atomic E-state index is 11.2. The summed E-state index contributed by atoms with van der Waals surface area (Å²) >= 11 is 0. The van der Waals surface area contributed by atoms with Gasteiger partial charge < -0.3 is 14.9 Å². The van der Waals surface area contributed by atoms with Gasteiger partial charge in [-0.25, -0.2) is 4.79 Å². The third-order valence-electron chi connectivity index (χ3n) is 3.48. The van der Waals surface area contributed by atoms with Crippen molar-refractivity contribution in [3.63, 3.8) is 0 Å². The van der Waals surface area contributed by atoms with Gasteiger partial charge in [-0.2, -0.15) is 0 Å². The van der Waals surface area contributed by atoms with E-state index in [2.05, 4.69) is 0 Å². The zero-order valence-electron chi connectivity index (χ0n) is 10.1. The van der Waals surface area contributed by atoms with Gasteiger partial charge in [0.05, 0.1) is 21.2 Å². The van der Waals surface area contributed by atoms with Crippen molar-refractivity contribution >= 4 is 11.7 Å². The van der Waals surface area contributed by atoms with Gasteiger partial charge in [0.2, 0.25) is 0 Å². The Morgan fingerprint density at radius 2 is 2.12 bits per heavy atom. The lowest BCUT2D eigenvalue weighted by Gasteiger charge is -2.29. The molecular weight excluding hydrogens is 222 g/mol. The second-order valence-corrected chi connectivity index (χ2v) is 4.75. The summed E-state index contributed by atoms with van der Waals surface area (Å²) in [5.74, 6) is -0.400. The minimum absolute atomic E-state index is 0.0449. The molecular formula is C12H16NO4+. The molecule has 1 aromatic rings. The molecule has 0 amide bonds. The van der Waals surface area contributed by atoms with Crippen LogP contribution in [0, 0.1) is 0 Å². The third-order valence-corrected chi connectivity index (χ3v) is 3.48. The quantitative estimate of drug-likeness (QED) is 0.754. The Labute approximate surface area is 99.4 Å². The average molecular weight is 238 g/mol. The normalized spacial score (nSPS) is 21.0. The molecule has 92 valence electrons. The standard InChI is InChI=1S/C12H15NO4/c1-13(2)8-6-10(14)11(17-3)5-7(8)4-9(13)12(15)16/h5-6,9H,4H2,1-3H3,(H-,14,15,16)/p+1. The Balaban J connectivity index is 2.54. The SMILES string of the molecule is COc1cc2c(cc1O)[N+](C)(C)C(C(=O)O)C2. The van der Waals surface area contributed by atoms with Crippen molar-refractivity contribution in [2.75, 3.05) is 21.2 Å². The van der Waals surface area contributed by atoms with Gasteiger partial charge in [-0.3, -0.25) is 4.48 Å². The van der Waals surface area contributed by atoms with E-state index in [-0.39, 0.29) is 10.2 Å². The fraction of sp³-hybridized carbons (Fsp3) is 0.417. The van der Waals surface area contributed by atoms with Gasteiger partial charge in [0.15, 0.2) is 17.5 Å². The van der Waals surface area contributed by atoms with Crippen LogP contribution in [0.25, 0.3) is 0 Å². The van der Waals surface area contributed by atoms with Crippen LogP contribution in [0.3, 0.4) is 0 Å². The van der Waals surface area contributed by atoms with Gasteiger partial charge in [0, 0.05) is 18.1 Å². The highest BCUT2D eigenvalue weighted by Crippen LogP contribution is 2.42. The average Bonchev–Trinajstić information content (AvgIpc) is 2.50. The first kappa shape index (κ1) is 11.7. The number of carboxylic acid groups (broad SMARTS) is 1. The van der Waals surface area contributed by atoms with Crippen molar-refractivity contribution in [1.29, 1.82) is 0 Å². The van der Waals surface area contributed by atoms with Crippen molar-refractivity contribution < 1.29 is 19.7 Å². The third kappa shape index (κ3) is 1.63. The summed E-state index contributed by atoms with van der Waals surface area (Å²) in [6, 6.07) is 2.79. The number of ether oxygens (including phenoxy) is 1. The first-order valence-corrected chi connectivity index (χ1v) is 5.35. The first-order chi connectivity index (χ1) is 7.87. The molecule has 5 nitrogen and oxygen atoms in total. The minimum Gasteiger partial charge on any atom is -0.504 e. The van der Waals surface area contributed by atoms with E-state index in [1.807, 2.05) is 14.1 Å². The fourth-order valence-electron chi connectivity index (χ4n) is 2.43. The van der Waals surface area contributed by atoms with Crippen LogP contribution in [0.4, 0.5) is 5.69 Å². The summed E-state index contributed by atoms with van der Waals surface area (Å²) in [6.45, 7) is 0. The number of quaternary nitrogens is 1. The number of likely N-dealkylation sites (N-methyl/N-ethyl adjacent to an activating group) is 1. The van der Waals surface area contributed by atoms with Gasteiger partial charge in [-0.15, -0.1) is 0 Å². The van der Waals surface area contributed by atoms with E-state index in [0.717, 1.165) is 11.3 Å². The number of aliphatic carboxylic acids is 1. The highest BCUT2D eigenvalue weighted by Gasteiger charge is 2.45. The number of aromatic hydroxyl groups is 1. The number of nitrogens with zero attached hydrogens (tertiary/aromatic N) is 1. The van der Waals surface area contributed by atoms with Crippen molar-refractivity contribution in [2.45, 2.75) is 12.5 Å². The van der Waals surface area contributed by atoms with Gasteiger partial charge >= 0.3 is 5.97 Å². The molecule has 1 aliphatic rings. The minimum atomic E-state index is -0.829. The van der Waals surface area contributed by atoms with E-state index in [4.69, 9.17) is 4.74 Å². The highest BCUT2D eigenvalue weighted by atomic mass is 16.5. The molecule has 0 fully saturated rings. The van der Waals surface area contributed by atoms with E-state index in [1.165, 1.54) is 7.11 Å². The Bertz CT molecular complexity index is 482. The summed E-state index contributed by atoms with van der Waals surface area (Å²) in [6.07, 6.45) is 0.453. The number of phenolic OH excluding ortho intramolecular Hbond substituents is 1. The molecule has 2 N–H and O–H groups in total. The number of methoxy groups -OCH3 is 1. The molecule has 0 spiro atoms. The van der Waals surface area contributed by atoms with Crippen molar-refractivity contribution in [1.82, 2.24) is 4.48 Å². The second-order valence-electron chi connectivity index (χ2n) is 4.75. The summed E-state index contributed by atoms with van der Waals surface area (Å²) in [5.41, 5.74) is 1.74. The number of rotatable bonds is 2. The lowest BCUT2D eigenvalue weighted by atomic mass is 10.1. The second kappa shape index (κ2) is 3.63. The molecule has 1 aromatic carbocycles. The summed E-state index contributed by atoms with van der Waals surface area (Å²) in [5, 5.41) is 19.0. The van der Waals surface area contributed by atoms with Gasteiger partial charge in [0.1, 0.15) is 5.69 Å².